The highest BCUT2D eigenvalue weighted by Crippen LogP contribution is 2.27. The number of amides is 1. The largest absolute Gasteiger partial charge is 0.389 e. The average molecular weight is 468 g/mol. The van der Waals surface area contributed by atoms with Crippen molar-refractivity contribution in [2.24, 2.45) is 0 Å². The number of β-amino-alcohol motifs (C(OH)–C–C–N with tert-alkyl or cyclic N) is 1. The van der Waals surface area contributed by atoms with E-state index in [1.165, 1.54) is 55.5 Å². The highest BCUT2D eigenvalue weighted by molar-refractivity contribution is 5.64. The number of nitrogens with one attached hydrogen (secondary N) is 2. The number of hydrogen-bond acceptors (Lipinski definition) is 4. The Hall–Kier alpha value is -2.58. The number of anilines is 2. The molecular weight excluding hydrogens is 431 g/mol. The fourth-order valence-corrected chi connectivity index (χ4v) is 3.03. The van der Waals surface area contributed by atoms with Gasteiger partial charge in [-0.05, 0) is 69.1 Å². The van der Waals surface area contributed by atoms with Gasteiger partial charge >= 0.3 is 0 Å². The summed E-state index contributed by atoms with van der Waals surface area (Å²) >= 11 is 0. The van der Waals surface area contributed by atoms with E-state index < -0.39 is 17.5 Å². The van der Waals surface area contributed by atoms with Gasteiger partial charge in [-0.25, -0.2) is 13.2 Å². The number of hydrogen-bond donors (Lipinski definition) is 3. The van der Waals surface area contributed by atoms with E-state index in [2.05, 4.69) is 10.6 Å². The smallest absolute Gasteiger partial charge is 0.209 e. The van der Waals surface area contributed by atoms with Crippen LogP contribution in [0.25, 0.3) is 0 Å². The zero-order valence-corrected chi connectivity index (χ0v) is 19.9. The first-order valence-corrected chi connectivity index (χ1v) is 11.4. The first-order valence-electron chi connectivity index (χ1n) is 11.4. The molecule has 0 bridgehead atoms. The van der Waals surface area contributed by atoms with Crippen molar-refractivity contribution in [1.29, 1.82) is 0 Å². The van der Waals surface area contributed by atoms with Crippen molar-refractivity contribution in [3.8, 4) is 0 Å². The van der Waals surface area contributed by atoms with Crippen LogP contribution in [0.1, 0.15) is 44.2 Å². The van der Waals surface area contributed by atoms with Gasteiger partial charge in [0, 0.05) is 13.1 Å². The molecule has 3 N–H and O–H groups in total. The molecule has 5 nitrogen and oxygen atoms in total. The Labute approximate surface area is 195 Å². The summed E-state index contributed by atoms with van der Waals surface area (Å²) < 4.78 is 40.3. The summed E-state index contributed by atoms with van der Waals surface area (Å²) in [5, 5.41) is 14.4. The molecule has 0 radical (unpaired) electrons. The number of aliphatic hydroxyl groups excluding tert-OH is 1. The highest BCUT2D eigenvalue weighted by atomic mass is 19.2. The van der Waals surface area contributed by atoms with Gasteiger partial charge in [0.25, 0.3) is 0 Å². The minimum Gasteiger partial charge on any atom is -0.389 e. The lowest BCUT2D eigenvalue weighted by atomic mass is 10.1. The lowest BCUT2D eigenvalue weighted by molar-refractivity contribution is -0.127. The molecule has 8 heteroatoms. The van der Waals surface area contributed by atoms with Crippen LogP contribution in [0, 0.1) is 31.3 Å². The van der Waals surface area contributed by atoms with Crippen molar-refractivity contribution in [1.82, 2.24) is 10.2 Å². The Kier molecular flexibility index (Phi) is 13.2. The standard InChI is InChI=1S/C14H12F3N.C5H11N.C4H7NO2.C2H6/c1-8-3-6-12(11(16)7-8)18-14-9(2)4-5-10(15)13(14)17;1-2-4-6-5-3-1;6-3-5-1-4(7)2-5;1-2/h3-7,18H,1-2H3;6H,1-5H2;3-4,7H,1-2H2;1-2H3. The molecule has 2 aromatic rings. The molecule has 0 aromatic heterocycles. The van der Waals surface area contributed by atoms with E-state index in [1.807, 2.05) is 13.8 Å². The molecule has 33 heavy (non-hydrogen) atoms. The SMILES string of the molecule is C1CCNCC1.CC.Cc1ccc(Nc2c(C)ccc(F)c2F)c(F)c1.O=CN1CC(O)C1. The highest BCUT2D eigenvalue weighted by Gasteiger charge is 2.21. The van der Waals surface area contributed by atoms with Crippen LogP contribution in [0.4, 0.5) is 24.5 Å². The molecular formula is C25H36F3N3O2. The topological polar surface area (TPSA) is 64.6 Å². The van der Waals surface area contributed by atoms with E-state index in [0.29, 0.717) is 18.7 Å². The molecule has 1 amide bonds. The average Bonchev–Trinajstić information content (AvgIpc) is 2.82. The summed E-state index contributed by atoms with van der Waals surface area (Å²) in [6.07, 6.45) is 4.70. The van der Waals surface area contributed by atoms with Crippen LogP contribution in [0.3, 0.4) is 0 Å². The lowest BCUT2D eigenvalue weighted by Gasteiger charge is -2.31. The zero-order valence-electron chi connectivity index (χ0n) is 19.9. The van der Waals surface area contributed by atoms with Crippen LogP contribution in [0.5, 0.6) is 0 Å². The summed E-state index contributed by atoms with van der Waals surface area (Å²) in [6, 6.07) is 7.00. The fraction of sp³-hybridized carbons (Fsp3) is 0.480. The molecule has 2 aliphatic heterocycles. The van der Waals surface area contributed by atoms with Gasteiger partial charge in [0.05, 0.1) is 17.5 Å². The maximum absolute atomic E-state index is 13.6. The van der Waals surface area contributed by atoms with E-state index in [-0.39, 0.29) is 17.5 Å². The van der Waals surface area contributed by atoms with E-state index in [4.69, 9.17) is 5.11 Å². The quantitative estimate of drug-likeness (QED) is 0.552. The van der Waals surface area contributed by atoms with E-state index in [1.54, 1.807) is 19.9 Å². The molecule has 0 atom stereocenters. The van der Waals surface area contributed by atoms with Gasteiger partial charge in [-0.2, -0.15) is 0 Å². The normalized spacial score (nSPS) is 14.8. The summed E-state index contributed by atoms with van der Waals surface area (Å²) in [7, 11) is 0. The maximum atomic E-state index is 13.6. The van der Waals surface area contributed by atoms with Gasteiger partial charge in [-0.1, -0.05) is 32.4 Å². The number of nitrogens with zero attached hydrogens (tertiary/aromatic N) is 1. The third kappa shape index (κ3) is 9.84. The number of carbonyl (C=O) groups is 1. The molecule has 0 spiro atoms. The Morgan fingerprint density at radius 2 is 1.64 bits per heavy atom. The zero-order chi connectivity index (χ0) is 24.8. The molecule has 4 rings (SSSR count). The van der Waals surface area contributed by atoms with Gasteiger partial charge in [0.15, 0.2) is 11.6 Å². The molecule has 184 valence electrons. The lowest BCUT2D eigenvalue weighted by Crippen LogP contribution is -2.49. The van der Waals surface area contributed by atoms with Crippen LogP contribution < -0.4 is 10.6 Å². The molecule has 2 aromatic carbocycles. The number of rotatable bonds is 3. The maximum Gasteiger partial charge on any atom is 0.209 e. The minimum atomic E-state index is -1.00. The van der Waals surface area contributed by atoms with Crippen molar-refractivity contribution in [3.05, 3.63) is 58.9 Å². The van der Waals surface area contributed by atoms with Gasteiger partial charge < -0.3 is 20.6 Å². The molecule has 0 unspecified atom stereocenters. The fourth-order valence-electron chi connectivity index (χ4n) is 3.03. The molecule has 2 heterocycles. The Balaban J connectivity index is 0.000000295. The number of carbonyl (C=O) groups excluding carboxylic acids is 1. The number of benzene rings is 2. The van der Waals surface area contributed by atoms with Crippen LogP contribution in [0.15, 0.2) is 30.3 Å². The Bertz CT molecular complexity index is 844. The summed E-state index contributed by atoms with van der Waals surface area (Å²) in [4.78, 5) is 11.3. The van der Waals surface area contributed by atoms with Crippen molar-refractivity contribution < 1.29 is 23.1 Å². The number of halogens is 3. The van der Waals surface area contributed by atoms with E-state index in [0.717, 1.165) is 18.0 Å². The van der Waals surface area contributed by atoms with Crippen LogP contribution in [0.2, 0.25) is 0 Å². The number of piperidine rings is 1. The molecule has 2 saturated heterocycles. The minimum absolute atomic E-state index is 0.0437. The summed E-state index contributed by atoms with van der Waals surface area (Å²) in [5.74, 6) is -2.47. The number of likely N-dealkylation sites (tertiary alicyclic amines) is 1. The van der Waals surface area contributed by atoms with Crippen LogP contribution >= 0.6 is 0 Å². The Morgan fingerprint density at radius 1 is 1.00 bits per heavy atom. The predicted molar refractivity (Wildman–Crippen MR) is 127 cm³/mol. The Morgan fingerprint density at radius 3 is 2.06 bits per heavy atom. The summed E-state index contributed by atoms with van der Waals surface area (Å²) in [5.41, 5.74) is 1.34. The van der Waals surface area contributed by atoms with Crippen molar-refractivity contribution in [2.45, 2.75) is 53.1 Å². The van der Waals surface area contributed by atoms with Crippen LogP contribution in [-0.4, -0.2) is 48.7 Å². The monoisotopic (exact) mass is 467 g/mol. The second-order valence-corrected chi connectivity index (χ2v) is 7.69. The number of aliphatic hydroxyl groups is 1. The third-order valence-corrected chi connectivity index (χ3v) is 4.93. The van der Waals surface area contributed by atoms with Crippen molar-refractivity contribution in [3.63, 3.8) is 0 Å². The van der Waals surface area contributed by atoms with Crippen LogP contribution in [-0.2, 0) is 4.79 Å². The molecule has 2 fully saturated rings. The van der Waals surface area contributed by atoms with Gasteiger partial charge in [0.1, 0.15) is 5.82 Å². The van der Waals surface area contributed by atoms with Gasteiger partial charge in [-0.15, -0.1) is 0 Å². The van der Waals surface area contributed by atoms with Crippen molar-refractivity contribution >= 4 is 17.8 Å². The molecule has 2 aliphatic rings. The summed E-state index contributed by atoms with van der Waals surface area (Å²) in [6.45, 7) is 10.9. The number of aryl methyl sites for hydroxylation is 2. The van der Waals surface area contributed by atoms with Gasteiger partial charge in [-0.3, -0.25) is 4.79 Å². The molecule has 0 aliphatic carbocycles. The molecule has 0 saturated carbocycles. The first-order chi connectivity index (χ1) is 15.8. The predicted octanol–water partition coefficient (Wildman–Crippen LogP) is 5.07. The van der Waals surface area contributed by atoms with Gasteiger partial charge in [0.2, 0.25) is 6.41 Å². The first kappa shape index (κ1) is 28.5. The second kappa shape index (κ2) is 15.3. The third-order valence-electron chi connectivity index (χ3n) is 4.93. The van der Waals surface area contributed by atoms with Crippen molar-refractivity contribution in [2.75, 3.05) is 31.5 Å². The van der Waals surface area contributed by atoms with E-state index >= 15 is 0 Å². The van der Waals surface area contributed by atoms with E-state index in [9.17, 15) is 18.0 Å². The second-order valence-electron chi connectivity index (χ2n) is 7.69.